The van der Waals surface area contributed by atoms with E-state index in [9.17, 15) is 4.79 Å². The zero-order valence-electron chi connectivity index (χ0n) is 10.7. The SMILES string of the molecule is O=C(O)c1ccc(Nc2ccc3cccc(Cl)c3n2)nc1. The average molecular weight is 300 g/mol. The number of hydrogen-bond donors (Lipinski definition) is 2. The molecule has 3 aromatic rings. The van der Waals surface area contributed by atoms with Crippen LogP contribution in [0.2, 0.25) is 5.02 Å². The molecule has 0 saturated carbocycles. The Hall–Kier alpha value is -2.66. The third-order valence-electron chi connectivity index (χ3n) is 2.94. The third-order valence-corrected chi connectivity index (χ3v) is 3.24. The fourth-order valence-electron chi connectivity index (χ4n) is 1.91. The average Bonchev–Trinajstić information content (AvgIpc) is 2.49. The van der Waals surface area contributed by atoms with Gasteiger partial charge in [-0.05, 0) is 30.3 Å². The van der Waals surface area contributed by atoms with E-state index in [1.807, 2.05) is 24.3 Å². The molecule has 0 atom stereocenters. The highest BCUT2D eigenvalue weighted by Gasteiger charge is 2.05. The van der Waals surface area contributed by atoms with Crippen LogP contribution in [0.15, 0.2) is 48.7 Å². The molecular formula is C15H10ClN3O2. The second-order valence-corrected chi connectivity index (χ2v) is 4.78. The number of hydrogen-bond acceptors (Lipinski definition) is 4. The number of fused-ring (bicyclic) bond motifs is 1. The Labute approximate surface area is 125 Å². The molecule has 0 saturated heterocycles. The highest BCUT2D eigenvalue weighted by Crippen LogP contribution is 2.24. The minimum absolute atomic E-state index is 0.134. The second kappa shape index (κ2) is 5.38. The summed E-state index contributed by atoms with van der Waals surface area (Å²) in [6, 6.07) is 12.4. The first-order chi connectivity index (χ1) is 10.1. The predicted molar refractivity (Wildman–Crippen MR) is 81.2 cm³/mol. The van der Waals surface area contributed by atoms with Gasteiger partial charge in [-0.2, -0.15) is 0 Å². The van der Waals surface area contributed by atoms with Crippen molar-refractivity contribution >= 4 is 40.1 Å². The molecule has 6 heteroatoms. The zero-order valence-corrected chi connectivity index (χ0v) is 11.5. The molecular weight excluding hydrogens is 290 g/mol. The molecule has 2 aromatic heterocycles. The van der Waals surface area contributed by atoms with Crippen LogP contribution in [0.1, 0.15) is 10.4 Å². The van der Waals surface area contributed by atoms with Gasteiger partial charge in [-0.15, -0.1) is 0 Å². The molecule has 0 radical (unpaired) electrons. The minimum Gasteiger partial charge on any atom is -0.478 e. The fourth-order valence-corrected chi connectivity index (χ4v) is 2.13. The Morgan fingerprint density at radius 2 is 1.90 bits per heavy atom. The van der Waals surface area contributed by atoms with Gasteiger partial charge >= 0.3 is 5.97 Å². The summed E-state index contributed by atoms with van der Waals surface area (Å²) in [4.78, 5) is 19.2. The van der Waals surface area contributed by atoms with Crippen LogP contribution < -0.4 is 5.32 Å². The van der Waals surface area contributed by atoms with Crippen molar-refractivity contribution in [2.75, 3.05) is 5.32 Å². The van der Waals surface area contributed by atoms with Crippen LogP contribution in [0.4, 0.5) is 11.6 Å². The molecule has 2 N–H and O–H groups in total. The molecule has 21 heavy (non-hydrogen) atoms. The molecule has 0 spiro atoms. The maximum atomic E-state index is 10.8. The van der Waals surface area contributed by atoms with Crippen LogP contribution >= 0.6 is 11.6 Å². The van der Waals surface area contributed by atoms with E-state index in [4.69, 9.17) is 16.7 Å². The zero-order chi connectivity index (χ0) is 14.8. The smallest absolute Gasteiger partial charge is 0.337 e. The number of benzene rings is 1. The highest BCUT2D eigenvalue weighted by molar-refractivity contribution is 6.35. The Bertz CT molecular complexity index is 819. The monoisotopic (exact) mass is 299 g/mol. The van der Waals surface area contributed by atoms with Gasteiger partial charge in [0.05, 0.1) is 16.1 Å². The lowest BCUT2D eigenvalue weighted by Gasteiger charge is -2.07. The van der Waals surface area contributed by atoms with E-state index in [-0.39, 0.29) is 5.56 Å². The van der Waals surface area contributed by atoms with Gasteiger partial charge in [0.25, 0.3) is 0 Å². The third kappa shape index (κ3) is 2.78. The van der Waals surface area contributed by atoms with Crippen molar-refractivity contribution in [1.82, 2.24) is 9.97 Å². The number of halogens is 1. The predicted octanol–water partition coefficient (Wildman–Crippen LogP) is 3.73. The Balaban J connectivity index is 1.91. The first kappa shape index (κ1) is 13.3. The summed E-state index contributed by atoms with van der Waals surface area (Å²) in [5.41, 5.74) is 0.835. The van der Waals surface area contributed by atoms with E-state index in [1.54, 1.807) is 12.1 Å². The summed E-state index contributed by atoms with van der Waals surface area (Å²) >= 11 is 6.12. The van der Waals surface area contributed by atoms with Crippen LogP contribution in [-0.2, 0) is 0 Å². The van der Waals surface area contributed by atoms with Crippen molar-refractivity contribution in [3.8, 4) is 0 Å². The molecule has 0 aliphatic carbocycles. The number of para-hydroxylation sites is 1. The lowest BCUT2D eigenvalue weighted by Crippen LogP contribution is -2.00. The van der Waals surface area contributed by atoms with Crippen molar-refractivity contribution in [3.63, 3.8) is 0 Å². The van der Waals surface area contributed by atoms with Crippen molar-refractivity contribution in [2.45, 2.75) is 0 Å². The normalized spacial score (nSPS) is 10.5. The molecule has 3 rings (SSSR count). The summed E-state index contributed by atoms with van der Waals surface area (Å²) in [6.45, 7) is 0. The van der Waals surface area contributed by atoms with Crippen molar-refractivity contribution in [2.24, 2.45) is 0 Å². The Morgan fingerprint density at radius 1 is 1.10 bits per heavy atom. The number of nitrogens with zero attached hydrogens (tertiary/aromatic N) is 2. The van der Waals surface area contributed by atoms with Crippen molar-refractivity contribution in [1.29, 1.82) is 0 Å². The molecule has 0 unspecified atom stereocenters. The molecule has 2 heterocycles. The van der Waals surface area contributed by atoms with Crippen molar-refractivity contribution < 1.29 is 9.90 Å². The molecule has 0 aliphatic heterocycles. The topological polar surface area (TPSA) is 75.1 Å². The van der Waals surface area contributed by atoms with Crippen LogP contribution in [0.3, 0.4) is 0 Å². The van der Waals surface area contributed by atoms with Gasteiger partial charge in [-0.1, -0.05) is 23.7 Å². The van der Waals surface area contributed by atoms with E-state index in [0.29, 0.717) is 22.2 Å². The fraction of sp³-hybridized carbons (Fsp3) is 0. The summed E-state index contributed by atoms with van der Waals surface area (Å²) in [6.07, 6.45) is 1.29. The molecule has 104 valence electrons. The van der Waals surface area contributed by atoms with Gasteiger partial charge in [-0.3, -0.25) is 0 Å². The quantitative estimate of drug-likeness (QED) is 0.771. The summed E-state index contributed by atoms with van der Waals surface area (Å²) in [5.74, 6) is 0.0924. The van der Waals surface area contributed by atoms with Gasteiger partial charge in [0, 0.05) is 11.6 Å². The number of aromatic carboxylic acids is 1. The number of pyridine rings is 2. The van der Waals surface area contributed by atoms with Gasteiger partial charge < -0.3 is 10.4 Å². The number of carboxylic acids is 1. The van der Waals surface area contributed by atoms with E-state index in [2.05, 4.69) is 15.3 Å². The highest BCUT2D eigenvalue weighted by atomic mass is 35.5. The maximum absolute atomic E-state index is 10.8. The summed E-state index contributed by atoms with van der Waals surface area (Å²) in [7, 11) is 0. The molecule has 1 aromatic carbocycles. The van der Waals surface area contributed by atoms with Gasteiger partial charge in [-0.25, -0.2) is 14.8 Å². The van der Waals surface area contributed by atoms with Crippen LogP contribution in [0, 0.1) is 0 Å². The maximum Gasteiger partial charge on any atom is 0.337 e. The van der Waals surface area contributed by atoms with Crippen molar-refractivity contribution in [3.05, 3.63) is 59.2 Å². The lowest BCUT2D eigenvalue weighted by molar-refractivity contribution is 0.0696. The van der Waals surface area contributed by atoms with E-state index < -0.39 is 5.97 Å². The lowest BCUT2D eigenvalue weighted by atomic mass is 10.2. The first-order valence-corrected chi connectivity index (χ1v) is 6.53. The molecule has 0 fully saturated rings. The molecule has 5 nitrogen and oxygen atoms in total. The van der Waals surface area contributed by atoms with Crippen LogP contribution in [-0.4, -0.2) is 21.0 Å². The van der Waals surface area contributed by atoms with E-state index in [0.717, 1.165) is 5.39 Å². The standard InChI is InChI=1S/C15H10ClN3O2/c16-11-3-1-2-9-4-7-13(19-14(9)11)18-12-6-5-10(8-17-12)15(20)21/h1-8H,(H,20,21)(H,17,18,19). The minimum atomic E-state index is -1.01. The number of carboxylic acid groups (broad SMARTS) is 1. The van der Waals surface area contributed by atoms with Gasteiger partial charge in [0.1, 0.15) is 11.6 Å². The van der Waals surface area contributed by atoms with Crippen LogP contribution in [0.25, 0.3) is 10.9 Å². The van der Waals surface area contributed by atoms with Gasteiger partial charge in [0.15, 0.2) is 0 Å². The molecule has 0 amide bonds. The number of carbonyl (C=O) groups is 1. The number of anilines is 2. The second-order valence-electron chi connectivity index (χ2n) is 4.37. The number of nitrogens with one attached hydrogen (secondary N) is 1. The molecule has 0 aliphatic rings. The largest absolute Gasteiger partial charge is 0.478 e. The summed E-state index contributed by atoms with van der Waals surface area (Å²) < 4.78 is 0. The molecule has 0 bridgehead atoms. The number of rotatable bonds is 3. The first-order valence-electron chi connectivity index (χ1n) is 6.15. The van der Waals surface area contributed by atoms with E-state index >= 15 is 0 Å². The summed E-state index contributed by atoms with van der Waals surface area (Å²) in [5, 5.41) is 13.4. The Morgan fingerprint density at radius 3 is 2.62 bits per heavy atom. The van der Waals surface area contributed by atoms with Crippen LogP contribution in [0.5, 0.6) is 0 Å². The van der Waals surface area contributed by atoms with Gasteiger partial charge in [0.2, 0.25) is 0 Å². The number of aromatic nitrogens is 2. The van der Waals surface area contributed by atoms with E-state index in [1.165, 1.54) is 12.3 Å². The Kier molecular flexibility index (Phi) is 3.41.